The van der Waals surface area contributed by atoms with Gasteiger partial charge in [-0.25, -0.2) is 9.59 Å². The number of carbonyl (C=O) groups excluding carboxylic acids is 3. The maximum atomic E-state index is 12.7. The first kappa shape index (κ1) is 36.6. The topological polar surface area (TPSA) is 143 Å². The Kier molecular flexibility index (Phi) is 10.9. The van der Waals surface area contributed by atoms with Crippen LogP contribution in [0.15, 0.2) is 36.4 Å². The molecule has 4 aliphatic carbocycles. The van der Waals surface area contributed by atoms with Crippen molar-refractivity contribution in [2.75, 3.05) is 54.2 Å². The van der Waals surface area contributed by atoms with Crippen LogP contribution in [-0.4, -0.2) is 77.9 Å². The zero-order valence-electron chi connectivity index (χ0n) is 30.6. The van der Waals surface area contributed by atoms with Crippen LogP contribution in [0.1, 0.15) is 63.5 Å². The number of alkyl carbamates (subject to hydrolysis) is 1. The first-order valence-corrected chi connectivity index (χ1v) is 18.1. The van der Waals surface area contributed by atoms with Crippen molar-refractivity contribution in [3.63, 3.8) is 0 Å². The van der Waals surface area contributed by atoms with Gasteiger partial charge in [-0.2, -0.15) is 0 Å². The third kappa shape index (κ3) is 8.65. The summed E-state index contributed by atoms with van der Waals surface area (Å²) >= 11 is 0. The van der Waals surface area contributed by atoms with E-state index in [0.29, 0.717) is 73.1 Å². The van der Waals surface area contributed by atoms with Crippen molar-refractivity contribution >= 4 is 18.2 Å². The molecule has 2 amide bonds. The number of rotatable bonds is 15. The summed E-state index contributed by atoms with van der Waals surface area (Å²) < 4.78 is 32.8. The lowest BCUT2D eigenvalue weighted by atomic mass is 9.43. The fourth-order valence-corrected chi connectivity index (χ4v) is 10.1. The van der Waals surface area contributed by atoms with E-state index in [4.69, 9.17) is 28.4 Å². The van der Waals surface area contributed by atoms with Gasteiger partial charge in [0.05, 0.1) is 33.9 Å². The molecule has 7 rings (SSSR count). The smallest absolute Gasteiger partial charge is 0.412 e. The van der Waals surface area contributed by atoms with Crippen molar-refractivity contribution in [1.82, 2.24) is 16.0 Å². The largest absolute Gasteiger partial charge is 0.493 e. The van der Waals surface area contributed by atoms with Gasteiger partial charge in [0.15, 0.2) is 23.0 Å². The number of carbonyl (C=O) groups is 3. The highest BCUT2D eigenvalue weighted by atomic mass is 16.6. The van der Waals surface area contributed by atoms with Crippen molar-refractivity contribution in [3.05, 3.63) is 47.5 Å². The Morgan fingerprint density at radius 3 is 2.10 bits per heavy atom. The second-order valence-electron chi connectivity index (χ2n) is 15.8. The molecule has 2 unspecified atom stereocenters. The zero-order chi connectivity index (χ0) is 36.2. The molecule has 5 aliphatic rings. The molecule has 5 fully saturated rings. The van der Waals surface area contributed by atoms with Crippen molar-refractivity contribution in [3.8, 4) is 23.0 Å². The molecule has 1 heterocycles. The van der Waals surface area contributed by atoms with E-state index in [9.17, 15) is 14.4 Å². The summed E-state index contributed by atoms with van der Waals surface area (Å²) in [5, 5.41) is 9.16. The van der Waals surface area contributed by atoms with Crippen LogP contribution in [0, 0.1) is 28.6 Å². The van der Waals surface area contributed by atoms with Gasteiger partial charge in [0.1, 0.15) is 6.61 Å². The van der Waals surface area contributed by atoms with Crippen molar-refractivity contribution < 1.29 is 42.8 Å². The minimum Gasteiger partial charge on any atom is -0.493 e. The van der Waals surface area contributed by atoms with Crippen LogP contribution in [0.2, 0.25) is 0 Å². The van der Waals surface area contributed by atoms with Gasteiger partial charge in [-0.1, -0.05) is 26.0 Å². The number of hydrogen-bond donors (Lipinski definition) is 3. The second kappa shape index (κ2) is 15.2. The summed E-state index contributed by atoms with van der Waals surface area (Å²) in [5.41, 5.74) is 2.38. The molecule has 4 bridgehead atoms. The number of ether oxygens (including phenoxy) is 6. The van der Waals surface area contributed by atoms with Crippen LogP contribution in [0.25, 0.3) is 0 Å². The Morgan fingerprint density at radius 1 is 0.784 bits per heavy atom. The number of benzene rings is 2. The lowest BCUT2D eigenvalue weighted by Gasteiger charge is -2.65. The lowest BCUT2D eigenvalue weighted by Crippen LogP contribution is -2.65. The maximum absolute atomic E-state index is 12.7. The molecule has 4 saturated carbocycles. The summed E-state index contributed by atoms with van der Waals surface area (Å²) in [5.74, 6) is 2.05. The molecule has 1 saturated heterocycles. The van der Waals surface area contributed by atoms with E-state index in [2.05, 4.69) is 29.8 Å². The highest BCUT2D eigenvalue weighted by Gasteiger charge is 2.60. The Hall–Kier alpha value is -4.19. The molecule has 0 radical (unpaired) electrons. The van der Waals surface area contributed by atoms with Crippen LogP contribution >= 0.6 is 0 Å². The first-order chi connectivity index (χ1) is 24.4. The third-order valence-corrected chi connectivity index (χ3v) is 11.2. The highest BCUT2D eigenvalue weighted by molar-refractivity contribution is 5.75. The van der Waals surface area contributed by atoms with Crippen molar-refractivity contribution in [2.24, 2.45) is 28.6 Å². The minimum atomic E-state index is -0.620. The first-order valence-electron chi connectivity index (χ1n) is 18.1. The number of esters is 1. The van der Waals surface area contributed by atoms with Crippen LogP contribution in [0.4, 0.5) is 9.59 Å². The van der Waals surface area contributed by atoms with E-state index >= 15 is 0 Å². The predicted octanol–water partition coefficient (Wildman–Crippen LogP) is 5.44. The summed E-state index contributed by atoms with van der Waals surface area (Å²) in [6, 6.07) is 11.0. The van der Waals surface area contributed by atoms with Gasteiger partial charge in [-0.15, -0.1) is 0 Å². The molecule has 1 aliphatic heterocycles. The van der Waals surface area contributed by atoms with Gasteiger partial charge in [0.25, 0.3) is 0 Å². The van der Waals surface area contributed by atoms with Gasteiger partial charge in [-0.05, 0) is 104 Å². The molecule has 12 nitrogen and oxygen atoms in total. The van der Waals surface area contributed by atoms with Crippen LogP contribution in [0.5, 0.6) is 23.0 Å². The highest BCUT2D eigenvalue weighted by Crippen LogP contribution is 2.66. The Bertz CT molecular complexity index is 1580. The molecule has 0 spiro atoms. The molecular formula is C39H53N3O9. The summed E-state index contributed by atoms with van der Waals surface area (Å²) in [6.07, 6.45) is 7.08. The fraction of sp³-hybridized carbons (Fsp3) is 0.615. The molecular weight excluding hydrogens is 654 g/mol. The Morgan fingerprint density at radius 2 is 1.43 bits per heavy atom. The maximum Gasteiger partial charge on any atom is 0.412 e. The van der Waals surface area contributed by atoms with E-state index in [-0.39, 0.29) is 41.8 Å². The summed E-state index contributed by atoms with van der Waals surface area (Å²) in [6.45, 7) is 6.60. The van der Waals surface area contributed by atoms with Crippen molar-refractivity contribution in [1.29, 1.82) is 0 Å². The Labute approximate surface area is 300 Å². The predicted molar refractivity (Wildman–Crippen MR) is 189 cm³/mol. The van der Waals surface area contributed by atoms with E-state index in [1.807, 2.05) is 24.3 Å². The normalized spacial score (nSPS) is 28.9. The van der Waals surface area contributed by atoms with E-state index in [1.54, 1.807) is 26.4 Å². The van der Waals surface area contributed by atoms with Gasteiger partial charge in [0.2, 0.25) is 0 Å². The Balaban J connectivity index is 0.901. The average Bonchev–Trinajstić information content (AvgIpc) is 3.40. The van der Waals surface area contributed by atoms with E-state index in [1.165, 1.54) is 26.4 Å². The molecule has 51 heavy (non-hydrogen) atoms. The molecule has 4 atom stereocenters. The lowest BCUT2D eigenvalue weighted by molar-refractivity contribution is -0.141. The second-order valence-corrected chi connectivity index (χ2v) is 15.8. The van der Waals surface area contributed by atoms with Crippen molar-refractivity contribution in [2.45, 2.75) is 70.8 Å². The molecule has 2 aromatic rings. The number of hydrogen-bond acceptors (Lipinski definition) is 10. The molecule has 3 N–H and O–H groups in total. The van der Waals surface area contributed by atoms with Crippen LogP contribution in [-0.2, 0) is 27.1 Å². The number of nitrogens with one attached hydrogen (secondary N) is 3. The number of amides is 2. The van der Waals surface area contributed by atoms with Crippen LogP contribution in [0.3, 0.4) is 0 Å². The molecule has 0 aromatic heterocycles. The van der Waals surface area contributed by atoms with Gasteiger partial charge in [-0.3, -0.25) is 4.79 Å². The number of cyclic esters (lactones) is 1. The fourth-order valence-electron chi connectivity index (χ4n) is 10.1. The third-order valence-electron chi connectivity index (χ3n) is 11.2. The zero-order valence-corrected chi connectivity index (χ0v) is 30.6. The molecule has 2 aromatic carbocycles. The average molecular weight is 708 g/mol. The van der Waals surface area contributed by atoms with E-state index < -0.39 is 6.09 Å². The summed E-state index contributed by atoms with van der Waals surface area (Å²) in [4.78, 5) is 38.0. The monoisotopic (exact) mass is 707 g/mol. The molecule has 12 heteroatoms. The van der Waals surface area contributed by atoms with Gasteiger partial charge in [0, 0.05) is 31.1 Å². The SMILES string of the molecule is COc1ccc(C[C@H]2COC(=O)[C@@H]2Cc2ccc(OC(=O)NCCNCCOC(=O)NC34CC5CC(C)(CC(C)(C5)C3)C4)c(OC)c2)cc1OC. The quantitative estimate of drug-likeness (QED) is 0.162. The van der Waals surface area contributed by atoms with E-state index in [0.717, 1.165) is 30.4 Å². The van der Waals surface area contributed by atoms with Gasteiger partial charge < -0.3 is 44.4 Å². The minimum absolute atomic E-state index is 0.0144. The standard InChI is InChI=1S/C39H53N3O9/c1-37-18-27-19-38(2,22-37)24-39(20-27,23-37)42-36(45)49-13-12-40-10-11-41-35(44)51-31-9-7-26(17-33(31)48-5)15-29-28(21-50-34(29)43)14-25-6-8-30(46-3)32(16-25)47-4/h6-9,16-17,27-29,40H,10-15,18-24H2,1-5H3,(H,41,44)(H,42,45)/t27?,28-,29+,37?,38?,39?/m0/s1. The molecule has 278 valence electrons. The number of methoxy groups -OCH3 is 3. The summed E-state index contributed by atoms with van der Waals surface area (Å²) in [7, 11) is 4.69. The van der Waals surface area contributed by atoms with Gasteiger partial charge >= 0.3 is 18.2 Å². The van der Waals surface area contributed by atoms with Crippen LogP contribution < -0.4 is 34.9 Å².